The van der Waals surface area contributed by atoms with Crippen LogP contribution in [0.3, 0.4) is 0 Å². The van der Waals surface area contributed by atoms with Crippen molar-refractivity contribution >= 4 is 17.5 Å². The highest BCUT2D eigenvalue weighted by Crippen LogP contribution is 2.36. The summed E-state index contributed by atoms with van der Waals surface area (Å²) in [4.78, 5) is 14.6. The second kappa shape index (κ2) is 5.80. The Morgan fingerprint density at radius 1 is 1.05 bits per heavy atom. The van der Waals surface area contributed by atoms with Crippen molar-refractivity contribution < 1.29 is 20.1 Å². The number of pyridine rings is 1. The van der Waals surface area contributed by atoms with Crippen LogP contribution in [-0.4, -0.2) is 26.3 Å². The van der Waals surface area contributed by atoms with E-state index >= 15 is 0 Å². The van der Waals surface area contributed by atoms with Gasteiger partial charge in [0.05, 0.1) is 5.69 Å². The Morgan fingerprint density at radius 3 is 2.18 bits per heavy atom. The van der Waals surface area contributed by atoms with Crippen LogP contribution in [0, 0.1) is 20.8 Å². The highest BCUT2D eigenvalue weighted by Gasteiger charge is 2.15. The van der Waals surface area contributed by atoms with Crippen LogP contribution in [0.1, 0.15) is 27.2 Å². The third-order valence-corrected chi connectivity index (χ3v) is 3.05. The van der Waals surface area contributed by atoms with Gasteiger partial charge in [0.1, 0.15) is 0 Å². The van der Waals surface area contributed by atoms with Crippen LogP contribution in [0.4, 0.5) is 11.5 Å². The first-order chi connectivity index (χ1) is 10.3. The smallest absolute Gasteiger partial charge is 0.354 e. The number of nitrogens with zero attached hydrogens (tertiary/aromatic N) is 3. The molecule has 0 aliphatic rings. The molecular weight excluding hydrogens is 286 g/mol. The second-order valence-corrected chi connectivity index (χ2v) is 4.95. The van der Waals surface area contributed by atoms with Crippen LogP contribution < -0.4 is 0 Å². The first-order valence-electron chi connectivity index (χ1n) is 6.45. The van der Waals surface area contributed by atoms with E-state index in [1.165, 1.54) is 0 Å². The van der Waals surface area contributed by atoms with Crippen molar-refractivity contribution in [2.45, 2.75) is 20.8 Å². The van der Waals surface area contributed by atoms with Crippen molar-refractivity contribution in [3.8, 4) is 11.5 Å². The average molecular weight is 301 g/mol. The van der Waals surface area contributed by atoms with Crippen LogP contribution in [0.15, 0.2) is 28.4 Å². The predicted molar refractivity (Wildman–Crippen MR) is 79.4 cm³/mol. The normalized spacial score (nSPS) is 11.0. The van der Waals surface area contributed by atoms with Gasteiger partial charge in [0.2, 0.25) is 11.6 Å². The number of hydrogen-bond donors (Lipinski definition) is 3. The fourth-order valence-electron chi connectivity index (χ4n) is 2.12. The second-order valence-electron chi connectivity index (χ2n) is 4.95. The minimum absolute atomic E-state index is 0.350. The zero-order valence-corrected chi connectivity index (χ0v) is 12.3. The van der Waals surface area contributed by atoms with Gasteiger partial charge >= 0.3 is 5.97 Å². The highest BCUT2D eigenvalue weighted by atomic mass is 16.4. The topological polar surface area (TPSA) is 115 Å². The molecule has 7 nitrogen and oxygen atoms in total. The van der Waals surface area contributed by atoms with Gasteiger partial charge in [0.15, 0.2) is 11.4 Å². The van der Waals surface area contributed by atoms with E-state index in [9.17, 15) is 15.0 Å². The molecule has 1 aromatic carbocycles. The number of benzene rings is 1. The molecule has 0 radical (unpaired) electrons. The molecule has 3 N–H and O–H groups in total. The van der Waals surface area contributed by atoms with Crippen LogP contribution in [-0.2, 0) is 0 Å². The lowest BCUT2D eigenvalue weighted by molar-refractivity contribution is 0.0690. The molecule has 7 heteroatoms. The SMILES string of the molecule is Cc1cc(C)c(N=Nc2nc(C(=O)O)cc(O)c2O)c(C)c1. The summed E-state index contributed by atoms with van der Waals surface area (Å²) >= 11 is 0. The molecule has 1 aromatic heterocycles. The van der Waals surface area contributed by atoms with Crippen LogP contribution in [0.5, 0.6) is 11.5 Å². The molecule has 0 aliphatic carbocycles. The first-order valence-corrected chi connectivity index (χ1v) is 6.45. The minimum atomic E-state index is -1.34. The summed E-state index contributed by atoms with van der Waals surface area (Å²) in [5.74, 6) is -2.92. The molecule has 114 valence electrons. The van der Waals surface area contributed by atoms with Gasteiger partial charge < -0.3 is 15.3 Å². The standard InChI is InChI=1S/C15H15N3O4/c1-7-4-8(2)12(9(3)5-7)17-18-14-13(20)11(19)6-10(16-14)15(21)22/h4-6,20H,1-3H3,(H,16,19)(H,21,22). The van der Waals surface area contributed by atoms with Gasteiger partial charge in [-0.2, -0.15) is 0 Å². The number of rotatable bonds is 3. The number of hydrogen-bond acceptors (Lipinski definition) is 6. The number of aromatic carboxylic acids is 1. The number of aromatic hydroxyl groups is 2. The zero-order chi connectivity index (χ0) is 16.4. The van der Waals surface area contributed by atoms with Crippen molar-refractivity contribution in [2.75, 3.05) is 0 Å². The summed E-state index contributed by atoms with van der Waals surface area (Å²) < 4.78 is 0. The van der Waals surface area contributed by atoms with Gasteiger partial charge in [-0.05, 0) is 31.9 Å². The number of carbonyl (C=O) groups is 1. The number of azo groups is 1. The molecule has 0 spiro atoms. The molecule has 2 rings (SSSR count). The summed E-state index contributed by atoms with van der Waals surface area (Å²) in [5.41, 5.74) is 3.03. The van der Waals surface area contributed by atoms with Crippen molar-refractivity contribution in [3.63, 3.8) is 0 Å². The molecule has 1 heterocycles. The Balaban J connectivity index is 2.49. The zero-order valence-electron chi connectivity index (χ0n) is 12.3. The third-order valence-electron chi connectivity index (χ3n) is 3.05. The van der Waals surface area contributed by atoms with E-state index < -0.39 is 23.2 Å². The molecule has 2 aromatic rings. The Morgan fingerprint density at radius 2 is 1.64 bits per heavy atom. The lowest BCUT2D eigenvalue weighted by atomic mass is 10.1. The monoisotopic (exact) mass is 301 g/mol. The van der Waals surface area contributed by atoms with E-state index in [-0.39, 0.29) is 5.82 Å². The van der Waals surface area contributed by atoms with E-state index in [2.05, 4.69) is 15.2 Å². The lowest BCUT2D eigenvalue weighted by Gasteiger charge is -2.06. The van der Waals surface area contributed by atoms with E-state index in [0.29, 0.717) is 5.69 Å². The Bertz CT molecular complexity index is 762. The molecule has 0 bridgehead atoms. The summed E-state index contributed by atoms with van der Waals surface area (Å²) in [6.45, 7) is 5.70. The maximum Gasteiger partial charge on any atom is 0.354 e. The van der Waals surface area contributed by atoms with E-state index in [0.717, 1.165) is 22.8 Å². The maximum atomic E-state index is 10.9. The van der Waals surface area contributed by atoms with Gasteiger partial charge in [-0.1, -0.05) is 17.7 Å². The van der Waals surface area contributed by atoms with Gasteiger partial charge in [-0.15, -0.1) is 10.2 Å². The number of carboxylic acid groups (broad SMARTS) is 1. The largest absolute Gasteiger partial charge is 0.504 e. The molecule has 0 fully saturated rings. The van der Waals surface area contributed by atoms with Crippen LogP contribution in [0.25, 0.3) is 0 Å². The Hall–Kier alpha value is -2.96. The van der Waals surface area contributed by atoms with Crippen molar-refractivity contribution in [1.29, 1.82) is 0 Å². The number of aromatic nitrogens is 1. The Kier molecular flexibility index (Phi) is 4.07. The first kappa shape index (κ1) is 15.4. The fraction of sp³-hybridized carbons (Fsp3) is 0.200. The number of carboxylic acids is 1. The summed E-state index contributed by atoms with van der Waals surface area (Å²) in [5, 5.41) is 35.9. The van der Waals surface area contributed by atoms with Crippen LogP contribution >= 0.6 is 0 Å². The molecule has 0 aliphatic heterocycles. The van der Waals surface area contributed by atoms with Crippen LogP contribution in [0.2, 0.25) is 0 Å². The predicted octanol–water partition coefficient (Wildman–Crippen LogP) is 3.53. The molecule has 0 saturated carbocycles. The fourth-order valence-corrected chi connectivity index (χ4v) is 2.12. The van der Waals surface area contributed by atoms with Crippen molar-refractivity contribution in [2.24, 2.45) is 10.2 Å². The van der Waals surface area contributed by atoms with E-state index in [1.807, 2.05) is 32.9 Å². The average Bonchev–Trinajstić information content (AvgIpc) is 2.41. The molecular formula is C15H15N3O4. The number of aryl methyl sites for hydroxylation is 3. The summed E-state index contributed by atoms with van der Waals surface area (Å²) in [6.07, 6.45) is 0. The molecule has 22 heavy (non-hydrogen) atoms. The van der Waals surface area contributed by atoms with Crippen molar-refractivity contribution in [3.05, 3.63) is 40.6 Å². The van der Waals surface area contributed by atoms with E-state index in [1.54, 1.807) is 0 Å². The molecule has 0 saturated heterocycles. The maximum absolute atomic E-state index is 10.9. The molecule has 0 amide bonds. The van der Waals surface area contributed by atoms with Gasteiger partial charge in [0, 0.05) is 6.07 Å². The van der Waals surface area contributed by atoms with Gasteiger partial charge in [0.25, 0.3) is 0 Å². The highest BCUT2D eigenvalue weighted by molar-refractivity contribution is 5.87. The van der Waals surface area contributed by atoms with Gasteiger partial charge in [-0.25, -0.2) is 9.78 Å². The quantitative estimate of drug-likeness (QED) is 0.750. The van der Waals surface area contributed by atoms with E-state index in [4.69, 9.17) is 5.11 Å². The molecule has 0 unspecified atom stereocenters. The minimum Gasteiger partial charge on any atom is -0.504 e. The lowest BCUT2D eigenvalue weighted by Crippen LogP contribution is -1.99. The Labute approximate surface area is 126 Å². The van der Waals surface area contributed by atoms with Gasteiger partial charge in [-0.3, -0.25) is 0 Å². The van der Waals surface area contributed by atoms with Crippen molar-refractivity contribution in [1.82, 2.24) is 4.98 Å². The third kappa shape index (κ3) is 3.03. The summed E-state index contributed by atoms with van der Waals surface area (Å²) in [6, 6.07) is 4.71. The molecule has 0 atom stereocenters. The summed E-state index contributed by atoms with van der Waals surface area (Å²) in [7, 11) is 0.